The largest absolute Gasteiger partial charge is 0.329 e. The first-order chi connectivity index (χ1) is 7.76. The maximum atomic E-state index is 5.97. The molecule has 1 saturated carbocycles. The van der Waals surface area contributed by atoms with Crippen molar-refractivity contribution in [2.45, 2.75) is 57.4 Å². The number of nitrogens with two attached hydrogens (primary N) is 1. The van der Waals surface area contributed by atoms with Crippen LogP contribution in [0, 0.1) is 5.92 Å². The van der Waals surface area contributed by atoms with Gasteiger partial charge in [0.1, 0.15) is 0 Å². The summed E-state index contributed by atoms with van der Waals surface area (Å²) in [7, 11) is 0. The highest BCUT2D eigenvalue weighted by molar-refractivity contribution is 4.93. The molecular formula is C14H28N2. The van der Waals surface area contributed by atoms with Crippen molar-refractivity contribution < 1.29 is 0 Å². The van der Waals surface area contributed by atoms with Crippen LogP contribution in [-0.4, -0.2) is 18.6 Å². The van der Waals surface area contributed by atoms with E-state index in [9.17, 15) is 0 Å². The molecule has 2 atom stereocenters. The number of hydrogen-bond donors (Lipinski definition) is 2. The van der Waals surface area contributed by atoms with Gasteiger partial charge in [-0.15, -0.1) is 6.58 Å². The SMILES string of the molecule is C=CCNC1(CN)CCCC(CCC)CC1. The van der Waals surface area contributed by atoms with Crippen molar-refractivity contribution in [2.75, 3.05) is 13.1 Å². The van der Waals surface area contributed by atoms with Crippen LogP contribution in [0.1, 0.15) is 51.9 Å². The van der Waals surface area contributed by atoms with E-state index >= 15 is 0 Å². The minimum atomic E-state index is 0.191. The predicted molar refractivity (Wildman–Crippen MR) is 71.5 cm³/mol. The van der Waals surface area contributed by atoms with E-state index in [0.29, 0.717) is 0 Å². The number of nitrogens with one attached hydrogen (secondary N) is 1. The van der Waals surface area contributed by atoms with Crippen molar-refractivity contribution >= 4 is 0 Å². The first-order valence-corrected chi connectivity index (χ1v) is 6.82. The number of hydrogen-bond acceptors (Lipinski definition) is 2. The zero-order valence-electron chi connectivity index (χ0n) is 10.8. The lowest BCUT2D eigenvalue weighted by atomic mass is 9.89. The van der Waals surface area contributed by atoms with Gasteiger partial charge in [-0.25, -0.2) is 0 Å². The smallest absolute Gasteiger partial charge is 0.0306 e. The summed E-state index contributed by atoms with van der Waals surface area (Å²) in [6.07, 6.45) is 11.2. The Balaban J connectivity index is 2.49. The van der Waals surface area contributed by atoms with Crippen LogP contribution in [0.15, 0.2) is 12.7 Å². The Kier molecular flexibility index (Phi) is 6.07. The van der Waals surface area contributed by atoms with Crippen molar-refractivity contribution in [3.05, 3.63) is 12.7 Å². The molecule has 2 nitrogen and oxygen atoms in total. The van der Waals surface area contributed by atoms with Gasteiger partial charge >= 0.3 is 0 Å². The zero-order chi connectivity index (χ0) is 11.9. The molecule has 0 saturated heterocycles. The molecule has 2 unspecified atom stereocenters. The van der Waals surface area contributed by atoms with Gasteiger partial charge in [0, 0.05) is 18.6 Å². The molecule has 0 spiro atoms. The van der Waals surface area contributed by atoms with Gasteiger partial charge in [-0.2, -0.15) is 0 Å². The van der Waals surface area contributed by atoms with Crippen LogP contribution in [-0.2, 0) is 0 Å². The maximum Gasteiger partial charge on any atom is 0.0306 e. The first kappa shape index (κ1) is 13.7. The van der Waals surface area contributed by atoms with Crippen LogP contribution in [0.5, 0.6) is 0 Å². The molecule has 1 aliphatic carbocycles. The Morgan fingerprint density at radius 2 is 2.25 bits per heavy atom. The summed E-state index contributed by atoms with van der Waals surface area (Å²) in [6.45, 7) is 7.71. The van der Waals surface area contributed by atoms with Gasteiger partial charge in [0.25, 0.3) is 0 Å². The molecule has 0 aromatic rings. The summed E-state index contributed by atoms with van der Waals surface area (Å²) in [5.41, 5.74) is 6.16. The summed E-state index contributed by atoms with van der Waals surface area (Å²) in [5, 5.41) is 3.59. The molecule has 1 fully saturated rings. The number of rotatable bonds is 6. The highest BCUT2D eigenvalue weighted by Crippen LogP contribution is 2.32. The first-order valence-electron chi connectivity index (χ1n) is 6.82. The van der Waals surface area contributed by atoms with Gasteiger partial charge in [0.05, 0.1) is 0 Å². The Morgan fingerprint density at radius 1 is 1.44 bits per heavy atom. The summed E-state index contributed by atoms with van der Waals surface area (Å²) >= 11 is 0. The van der Waals surface area contributed by atoms with E-state index in [1.165, 1.54) is 44.9 Å². The van der Waals surface area contributed by atoms with E-state index in [1.807, 2.05) is 6.08 Å². The molecule has 16 heavy (non-hydrogen) atoms. The second-order valence-electron chi connectivity index (χ2n) is 5.24. The lowest BCUT2D eigenvalue weighted by molar-refractivity contribution is 0.298. The molecule has 0 aliphatic heterocycles. The monoisotopic (exact) mass is 224 g/mol. The molecule has 1 aliphatic rings. The van der Waals surface area contributed by atoms with Crippen LogP contribution in [0.4, 0.5) is 0 Å². The molecule has 3 N–H and O–H groups in total. The van der Waals surface area contributed by atoms with E-state index in [2.05, 4.69) is 18.8 Å². The molecule has 1 rings (SSSR count). The van der Waals surface area contributed by atoms with E-state index in [-0.39, 0.29) is 5.54 Å². The maximum absolute atomic E-state index is 5.97. The van der Waals surface area contributed by atoms with Crippen LogP contribution in [0.2, 0.25) is 0 Å². The highest BCUT2D eigenvalue weighted by atomic mass is 15.0. The van der Waals surface area contributed by atoms with Gasteiger partial charge in [-0.05, 0) is 25.2 Å². The van der Waals surface area contributed by atoms with Crippen molar-refractivity contribution in [3.63, 3.8) is 0 Å². The topological polar surface area (TPSA) is 38.0 Å². The molecule has 2 heteroatoms. The average Bonchev–Trinajstić information content (AvgIpc) is 2.51. The van der Waals surface area contributed by atoms with Gasteiger partial charge < -0.3 is 11.1 Å². The molecule has 0 amide bonds. The fraction of sp³-hybridized carbons (Fsp3) is 0.857. The average molecular weight is 224 g/mol. The van der Waals surface area contributed by atoms with Crippen molar-refractivity contribution in [2.24, 2.45) is 11.7 Å². The van der Waals surface area contributed by atoms with E-state index < -0.39 is 0 Å². The van der Waals surface area contributed by atoms with Crippen molar-refractivity contribution in [3.8, 4) is 0 Å². The summed E-state index contributed by atoms with van der Waals surface area (Å²) in [5.74, 6) is 0.934. The van der Waals surface area contributed by atoms with Crippen LogP contribution < -0.4 is 11.1 Å². The molecule has 0 radical (unpaired) electrons. The van der Waals surface area contributed by atoms with Crippen LogP contribution in [0.25, 0.3) is 0 Å². The minimum Gasteiger partial charge on any atom is -0.329 e. The fourth-order valence-corrected chi connectivity index (χ4v) is 2.92. The third-order valence-corrected chi connectivity index (χ3v) is 4.01. The van der Waals surface area contributed by atoms with E-state index in [1.54, 1.807) is 0 Å². The van der Waals surface area contributed by atoms with Gasteiger partial charge in [-0.1, -0.05) is 38.7 Å². The van der Waals surface area contributed by atoms with Crippen molar-refractivity contribution in [1.29, 1.82) is 0 Å². The summed E-state index contributed by atoms with van der Waals surface area (Å²) < 4.78 is 0. The Bertz CT molecular complexity index is 203. The van der Waals surface area contributed by atoms with Gasteiger partial charge in [0.15, 0.2) is 0 Å². The summed E-state index contributed by atoms with van der Waals surface area (Å²) in [4.78, 5) is 0. The molecule has 0 heterocycles. The van der Waals surface area contributed by atoms with Crippen LogP contribution >= 0.6 is 0 Å². The van der Waals surface area contributed by atoms with E-state index in [0.717, 1.165) is 19.0 Å². The van der Waals surface area contributed by atoms with Gasteiger partial charge in [0.2, 0.25) is 0 Å². The van der Waals surface area contributed by atoms with Crippen molar-refractivity contribution in [1.82, 2.24) is 5.32 Å². The second-order valence-corrected chi connectivity index (χ2v) is 5.24. The Morgan fingerprint density at radius 3 is 2.88 bits per heavy atom. The molecule has 94 valence electrons. The molecule has 0 aromatic heterocycles. The standard InChI is InChI=1S/C14H28N2/c1-3-6-13-7-5-9-14(12-15,10-8-13)16-11-4-2/h4,13,16H,2-3,5-12,15H2,1H3. The van der Waals surface area contributed by atoms with Crippen LogP contribution in [0.3, 0.4) is 0 Å². The minimum absolute atomic E-state index is 0.191. The third kappa shape index (κ3) is 3.91. The lowest BCUT2D eigenvalue weighted by Crippen LogP contribution is -2.50. The highest BCUT2D eigenvalue weighted by Gasteiger charge is 2.30. The predicted octanol–water partition coefficient (Wildman–Crippen LogP) is 2.84. The molecular weight excluding hydrogens is 196 g/mol. The van der Waals surface area contributed by atoms with E-state index in [4.69, 9.17) is 5.73 Å². The third-order valence-electron chi connectivity index (χ3n) is 4.01. The Labute approximate surface area is 101 Å². The fourth-order valence-electron chi connectivity index (χ4n) is 2.92. The zero-order valence-corrected chi connectivity index (χ0v) is 10.8. The molecule has 0 aromatic carbocycles. The lowest BCUT2D eigenvalue weighted by Gasteiger charge is -2.32. The Hall–Kier alpha value is -0.340. The second kappa shape index (κ2) is 7.08. The van der Waals surface area contributed by atoms with Gasteiger partial charge in [-0.3, -0.25) is 0 Å². The molecule has 0 bridgehead atoms. The quantitative estimate of drug-likeness (QED) is 0.538. The normalized spacial score (nSPS) is 31.0. The summed E-state index contributed by atoms with van der Waals surface area (Å²) in [6, 6.07) is 0.